The molecule has 108 valence electrons. The number of benzene rings is 1. The third-order valence-electron chi connectivity index (χ3n) is 4.28. The Kier molecular flexibility index (Phi) is 3.55. The fraction of sp³-hybridized carbons (Fsp3) is 0.562. The van der Waals surface area contributed by atoms with E-state index in [0.717, 1.165) is 22.7 Å². The second-order valence-electron chi connectivity index (χ2n) is 5.82. The minimum absolute atomic E-state index is 0.473. The van der Waals surface area contributed by atoms with Crippen molar-refractivity contribution < 1.29 is 4.74 Å². The molecular formula is C16H23N3O. The summed E-state index contributed by atoms with van der Waals surface area (Å²) in [4.78, 5) is 4.55. The lowest BCUT2D eigenvalue weighted by molar-refractivity contribution is 0.289. The van der Waals surface area contributed by atoms with Crippen LogP contribution < -0.4 is 10.5 Å². The number of ether oxygens (including phenoxy) is 1. The fourth-order valence-corrected chi connectivity index (χ4v) is 3.40. The van der Waals surface area contributed by atoms with Crippen LogP contribution >= 0.6 is 0 Å². The van der Waals surface area contributed by atoms with Gasteiger partial charge >= 0.3 is 0 Å². The molecule has 2 unspecified atom stereocenters. The number of fused-ring (bicyclic) bond motifs is 1. The molecule has 1 aliphatic carbocycles. The number of nitrogens with two attached hydrogens (primary N) is 1. The van der Waals surface area contributed by atoms with Crippen LogP contribution in [0.2, 0.25) is 0 Å². The molecule has 0 bridgehead atoms. The Morgan fingerprint density at radius 3 is 3.00 bits per heavy atom. The summed E-state index contributed by atoms with van der Waals surface area (Å²) in [5, 5.41) is 0. The van der Waals surface area contributed by atoms with E-state index >= 15 is 0 Å². The van der Waals surface area contributed by atoms with Crippen LogP contribution in [-0.2, 0) is 0 Å². The van der Waals surface area contributed by atoms with Gasteiger partial charge in [0.25, 0.3) is 0 Å². The van der Waals surface area contributed by atoms with Gasteiger partial charge in [-0.05, 0) is 37.8 Å². The summed E-state index contributed by atoms with van der Waals surface area (Å²) < 4.78 is 7.88. The van der Waals surface area contributed by atoms with Crippen molar-refractivity contribution in [3.63, 3.8) is 0 Å². The van der Waals surface area contributed by atoms with Crippen molar-refractivity contribution in [1.29, 1.82) is 0 Å². The van der Waals surface area contributed by atoms with E-state index in [1.54, 1.807) is 0 Å². The first-order valence-electron chi connectivity index (χ1n) is 7.60. The smallest absolute Gasteiger partial charge is 0.201 e. The zero-order chi connectivity index (χ0) is 14.1. The zero-order valence-electron chi connectivity index (χ0n) is 12.3. The molecular weight excluding hydrogens is 250 g/mol. The van der Waals surface area contributed by atoms with Crippen LogP contribution in [0.4, 0.5) is 5.95 Å². The van der Waals surface area contributed by atoms with E-state index in [1.165, 1.54) is 25.7 Å². The summed E-state index contributed by atoms with van der Waals surface area (Å²) in [6.07, 6.45) is 4.98. The molecule has 0 aliphatic heterocycles. The molecule has 4 heteroatoms. The Morgan fingerprint density at radius 2 is 2.25 bits per heavy atom. The SMILES string of the molecule is CCOc1cccc2c1nc(N)n2C1CCCC(C)C1. The summed E-state index contributed by atoms with van der Waals surface area (Å²) in [5.41, 5.74) is 8.19. The number of nitrogen functional groups attached to an aromatic ring is 1. The van der Waals surface area contributed by atoms with E-state index < -0.39 is 0 Å². The molecule has 4 nitrogen and oxygen atoms in total. The average molecular weight is 273 g/mol. The molecule has 1 aliphatic rings. The fourth-order valence-electron chi connectivity index (χ4n) is 3.40. The molecule has 1 aromatic carbocycles. The van der Waals surface area contributed by atoms with Crippen molar-refractivity contribution in [3.8, 4) is 5.75 Å². The van der Waals surface area contributed by atoms with Crippen LogP contribution in [0.1, 0.15) is 45.6 Å². The van der Waals surface area contributed by atoms with Gasteiger partial charge in [0.1, 0.15) is 11.3 Å². The standard InChI is InChI=1S/C16H23N3O/c1-3-20-14-9-5-8-13-15(14)18-16(17)19(13)12-7-4-6-11(2)10-12/h5,8-9,11-12H,3-4,6-7,10H2,1-2H3,(H2,17,18). The zero-order valence-corrected chi connectivity index (χ0v) is 12.3. The number of nitrogens with zero attached hydrogens (tertiary/aromatic N) is 2. The van der Waals surface area contributed by atoms with Crippen molar-refractivity contribution in [2.45, 2.75) is 45.6 Å². The Morgan fingerprint density at radius 1 is 1.40 bits per heavy atom. The second kappa shape index (κ2) is 5.35. The van der Waals surface area contributed by atoms with Gasteiger partial charge in [0.05, 0.1) is 12.1 Å². The lowest BCUT2D eigenvalue weighted by atomic mass is 9.87. The first-order chi connectivity index (χ1) is 9.70. The number of rotatable bonds is 3. The van der Waals surface area contributed by atoms with Gasteiger partial charge in [-0.1, -0.05) is 25.8 Å². The van der Waals surface area contributed by atoms with E-state index in [2.05, 4.69) is 22.5 Å². The molecule has 1 fully saturated rings. The predicted molar refractivity (Wildman–Crippen MR) is 82.0 cm³/mol. The normalized spacial score (nSPS) is 23.1. The van der Waals surface area contributed by atoms with Gasteiger partial charge < -0.3 is 15.0 Å². The molecule has 2 N–H and O–H groups in total. The van der Waals surface area contributed by atoms with Crippen molar-refractivity contribution in [2.24, 2.45) is 5.92 Å². The molecule has 1 saturated carbocycles. The minimum atomic E-state index is 0.473. The molecule has 2 aromatic rings. The van der Waals surface area contributed by atoms with Crippen molar-refractivity contribution >= 4 is 17.0 Å². The van der Waals surface area contributed by atoms with Crippen molar-refractivity contribution in [2.75, 3.05) is 12.3 Å². The van der Waals surface area contributed by atoms with Crippen LogP contribution in [0.3, 0.4) is 0 Å². The quantitative estimate of drug-likeness (QED) is 0.926. The molecule has 0 saturated heterocycles. The first kappa shape index (κ1) is 13.3. The van der Waals surface area contributed by atoms with E-state index in [-0.39, 0.29) is 0 Å². The Balaban J connectivity index is 2.06. The summed E-state index contributed by atoms with van der Waals surface area (Å²) >= 11 is 0. The van der Waals surface area contributed by atoms with E-state index in [9.17, 15) is 0 Å². The highest BCUT2D eigenvalue weighted by Gasteiger charge is 2.24. The number of imidazole rings is 1. The Bertz CT molecular complexity index is 605. The van der Waals surface area contributed by atoms with Gasteiger partial charge in [0, 0.05) is 6.04 Å². The molecule has 0 amide bonds. The molecule has 1 heterocycles. The summed E-state index contributed by atoms with van der Waals surface area (Å²) in [7, 11) is 0. The topological polar surface area (TPSA) is 53.1 Å². The molecule has 20 heavy (non-hydrogen) atoms. The molecule has 0 radical (unpaired) electrons. The highest BCUT2D eigenvalue weighted by molar-refractivity contribution is 5.84. The minimum Gasteiger partial charge on any atom is -0.492 e. The Labute approximate surface area is 119 Å². The average Bonchev–Trinajstić information content (AvgIpc) is 2.76. The number of anilines is 1. The number of hydrogen-bond acceptors (Lipinski definition) is 3. The first-order valence-corrected chi connectivity index (χ1v) is 7.60. The van der Waals surface area contributed by atoms with Crippen LogP contribution in [0, 0.1) is 5.92 Å². The van der Waals surface area contributed by atoms with Crippen molar-refractivity contribution in [3.05, 3.63) is 18.2 Å². The third kappa shape index (κ3) is 2.23. The second-order valence-corrected chi connectivity index (χ2v) is 5.82. The van der Waals surface area contributed by atoms with Crippen LogP contribution in [0.15, 0.2) is 18.2 Å². The number of aromatic nitrogens is 2. The van der Waals surface area contributed by atoms with Crippen molar-refractivity contribution in [1.82, 2.24) is 9.55 Å². The molecule has 2 atom stereocenters. The monoisotopic (exact) mass is 273 g/mol. The maximum absolute atomic E-state index is 6.19. The predicted octanol–water partition coefficient (Wildman–Crippen LogP) is 3.77. The van der Waals surface area contributed by atoms with Gasteiger partial charge in [0.15, 0.2) is 0 Å². The molecule has 1 aromatic heterocycles. The van der Waals surface area contributed by atoms with Gasteiger partial charge in [0.2, 0.25) is 5.95 Å². The lowest BCUT2D eigenvalue weighted by Gasteiger charge is -2.28. The van der Waals surface area contributed by atoms with Gasteiger partial charge in [-0.25, -0.2) is 4.98 Å². The van der Waals surface area contributed by atoms with E-state index in [1.807, 2.05) is 19.1 Å². The van der Waals surface area contributed by atoms with Crippen LogP contribution in [0.5, 0.6) is 5.75 Å². The number of hydrogen-bond donors (Lipinski definition) is 1. The van der Waals surface area contributed by atoms with Crippen LogP contribution in [-0.4, -0.2) is 16.2 Å². The maximum atomic E-state index is 6.19. The summed E-state index contributed by atoms with van der Waals surface area (Å²) in [6.45, 7) is 4.96. The third-order valence-corrected chi connectivity index (χ3v) is 4.28. The summed E-state index contributed by atoms with van der Waals surface area (Å²) in [6, 6.07) is 6.56. The summed E-state index contributed by atoms with van der Waals surface area (Å²) in [5.74, 6) is 2.21. The van der Waals surface area contributed by atoms with Gasteiger partial charge in [-0.2, -0.15) is 0 Å². The largest absolute Gasteiger partial charge is 0.492 e. The van der Waals surface area contributed by atoms with E-state index in [0.29, 0.717) is 18.6 Å². The van der Waals surface area contributed by atoms with Gasteiger partial charge in [-0.15, -0.1) is 0 Å². The Hall–Kier alpha value is -1.71. The number of para-hydroxylation sites is 1. The highest BCUT2D eigenvalue weighted by Crippen LogP contribution is 2.37. The maximum Gasteiger partial charge on any atom is 0.201 e. The highest BCUT2D eigenvalue weighted by atomic mass is 16.5. The molecule has 0 spiro atoms. The van der Waals surface area contributed by atoms with Crippen LogP contribution in [0.25, 0.3) is 11.0 Å². The lowest BCUT2D eigenvalue weighted by Crippen LogP contribution is -2.19. The van der Waals surface area contributed by atoms with E-state index in [4.69, 9.17) is 10.5 Å². The molecule has 3 rings (SSSR count). The van der Waals surface area contributed by atoms with Gasteiger partial charge in [-0.3, -0.25) is 0 Å².